The van der Waals surface area contributed by atoms with E-state index >= 15 is 0 Å². The topological polar surface area (TPSA) is 48.1 Å². The summed E-state index contributed by atoms with van der Waals surface area (Å²) in [5.74, 6) is -0.103. The van der Waals surface area contributed by atoms with Gasteiger partial charge >= 0.3 is 0 Å². The van der Waals surface area contributed by atoms with Crippen molar-refractivity contribution in [3.63, 3.8) is 0 Å². The normalized spacial score (nSPS) is 10.6. The van der Waals surface area contributed by atoms with Gasteiger partial charge in [-0.1, -0.05) is 6.07 Å². The first-order valence-electron chi connectivity index (χ1n) is 6.80. The number of nitrogens with zero attached hydrogens (tertiary/aromatic N) is 1. The van der Waals surface area contributed by atoms with E-state index in [-0.39, 0.29) is 5.91 Å². The molecule has 1 amide bonds. The van der Waals surface area contributed by atoms with Crippen LogP contribution in [0.2, 0.25) is 0 Å². The number of carbonyl (C=O) groups excluding carboxylic acids is 1. The van der Waals surface area contributed by atoms with Crippen molar-refractivity contribution in [3.05, 3.63) is 60.3 Å². The van der Waals surface area contributed by atoms with E-state index in [0.29, 0.717) is 5.56 Å². The van der Waals surface area contributed by atoms with Crippen molar-refractivity contribution >= 4 is 28.2 Å². The molecule has 3 aromatic rings. The minimum atomic E-state index is -0.103. The van der Waals surface area contributed by atoms with Crippen LogP contribution in [0, 0.1) is 0 Å². The van der Waals surface area contributed by atoms with E-state index in [1.807, 2.05) is 73.7 Å². The number of nitrogens with one attached hydrogen (secondary N) is 2. The molecule has 0 saturated carbocycles. The summed E-state index contributed by atoms with van der Waals surface area (Å²) in [5, 5.41) is 3.97. The van der Waals surface area contributed by atoms with Crippen molar-refractivity contribution in [3.8, 4) is 0 Å². The first kappa shape index (κ1) is 13.2. The zero-order valence-corrected chi connectivity index (χ0v) is 12.1. The van der Waals surface area contributed by atoms with Crippen molar-refractivity contribution in [1.82, 2.24) is 4.98 Å². The largest absolute Gasteiger partial charge is 0.378 e. The Bertz CT molecular complexity index is 772. The molecule has 21 heavy (non-hydrogen) atoms. The van der Waals surface area contributed by atoms with E-state index in [1.165, 1.54) is 0 Å². The molecule has 0 saturated heterocycles. The van der Waals surface area contributed by atoms with Gasteiger partial charge in [-0.05, 0) is 42.5 Å². The number of amides is 1. The van der Waals surface area contributed by atoms with Crippen LogP contribution >= 0.6 is 0 Å². The summed E-state index contributed by atoms with van der Waals surface area (Å²) in [6, 6.07) is 15.3. The lowest BCUT2D eigenvalue weighted by atomic mass is 10.1. The highest BCUT2D eigenvalue weighted by Crippen LogP contribution is 2.23. The van der Waals surface area contributed by atoms with Gasteiger partial charge in [-0.2, -0.15) is 0 Å². The van der Waals surface area contributed by atoms with Crippen LogP contribution in [0.4, 0.5) is 11.4 Å². The predicted octanol–water partition coefficient (Wildman–Crippen LogP) is 3.49. The summed E-state index contributed by atoms with van der Waals surface area (Å²) < 4.78 is 0. The summed E-state index contributed by atoms with van der Waals surface area (Å²) >= 11 is 0. The second-order valence-electron chi connectivity index (χ2n) is 5.14. The van der Waals surface area contributed by atoms with E-state index in [2.05, 4.69) is 10.3 Å². The molecular formula is C17H17N3O. The van der Waals surface area contributed by atoms with Crippen LogP contribution in [0.5, 0.6) is 0 Å². The Balaban J connectivity index is 1.84. The Labute approximate surface area is 123 Å². The summed E-state index contributed by atoms with van der Waals surface area (Å²) in [5.41, 5.74) is 3.54. The number of H-pyrrole nitrogens is 1. The summed E-state index contributed by atoms with van der Waals surface area (Å²) in [6.07, 6.45) is 1.87. The fourth-order valence-corrected chi connectivity index (χ4v) is 2.30. The summed E-state index contributed by atoms with van der Waals surface area (Å²) in [7, 11) is 3.95. The average Bonchev–Trinajstić information content (AvgIpc) is 2.97. The monoisotopic (exact) mass is 279 g/mol. The van der Waals surface area contributed by atoms with Gasteiger partial charge in [0.25, 0.3) is 5.91 Å². The molecule has 0 aliphatic heterocycles. The second kappa shape index (κ2) is 5.32. The van der Waals surface area contributed by atoms with Crippen molar-refractivity contribution in [1.29, 1.82) is 0 Å². The van der Waals surface area contributed by atoms with Gasteiger partial charge in [-0.15, -0.1) is 0 Å². The molecule has 3 rings (SSSR count). The van der Waals surface area contributed by atoms with Crippen LogP contribution in [0.3, 0.4) is 0 Å². The Morgan fingerprint density at radius 3 is 2.52 bits per heavy atom. The lowest BCUT2D eigenvalue weighted by Crippen LogP contribution is -2.13. The van der Waals surface area contributed by atoms with Crippen LogP contribution < -0.4 is 10.2 Å². The van der Waals surface area contributed by atoms with E-state index in [0.717, 1.165) is 22.3 Å². The Morgan fingerprint density at radius 1 is 1.05 bits per heavy atom. The first-order chi connectivity index (χ1) is 10.1. The molecular weight excluding hydrogens is 262 g/mol. The molecule has 0 unspecified atom stereocenters. The van der Waals surface area contributed by atoms with Crippen LogP contribution in [-0.4, -0.2) is 25.0 Å². The summed E-state index contributed by atoms with van der Waals surface area (Å²) in [4.78, 5) is 17.5. The average molecular weight is 279 g/mol. The van der Waals surface area contributed by atoms with Crippen LogP contribution in [0.1, 0.15) is 10.4 Å². The Hall–Kier alpha value is -2.75. The highest BCUT2D eigenvalue weighted by Gasteiger charge is 2.09. The van der Waals surface area contributed by atoms with Crippen LogP contribution in [0.15, 0.2) is 54.7 Å². The molecule has 0 fully saturated rings. The standard InChI is InChI=1S/C17H17N3O/c1-20(2)13-8-6-12(7-9-13)17(21)19-16-5-3-4-15-14(16)10-11-18-15/h3-11,18H,1-2H3,(H,19,21). The molecule has 2 aromatic carbocycles. The molecule has 4 heteroatoms. The highest BCUT2D eigenvalue weighted by atomic mass is 16.1. The van der Waals surface area contributed by atoms with Crippen molar-refractivity contribution in [2.45, 2.75) is 0 Å². The maximum atomic E-state index is 12.3. The van der Waals surface area contributed by atoms with Crippen molar-refractivity contribution < 1.29 is 4.79 Å². The van der Waals surface area contributed by atoms with E-state index < -0.39 is 0 Å². The third-order valence-electron chi connectivity index (χ3n) is 3.49. The molecule has 1 heterocycles. The van der Waals surface area contributed by atoms with Gasteiger partial charge in [0.15, 0.2) is 0 Å². The van der Waals surface area contributed by atoms with Gasteiger partial charge in [0.1, 0.15) is 0 Å². The Morgan fingerprint density at radius 2 is 1.81 bits per heavy atom. The number of fused-ring (bicyclic) bond motifs is 1. The van der Waals surface area contributed by atoms with Gasteiger partial charge in [-0.3, -0.25) is 4.79 Å². The Kier molecular flexibility index (Phi) is 3.36. The van der Waals surface area contributed by atoms with Crippen LogP contribution in [0.25, 0.3) is 10.9 Å². The molecule has 0 spiro atoms. The van der Waals surface area contributed by atoms with Crippen LogP contribution in [-0.2, 0) is 0 Å². The quantitative estimate of drug-likeness (QED) is 0.771. The molecule has 0 radical (unpaired) electrons. The van der Waals surface area contributed by atoms with E-state index in [4.69, 9.17) is 0 Å². The number of aromatic amines is 1. The van der Waals surface area contributed by atoms with E-state index in [9.17, 15) is 4.79 Å². The molecule has 0 aliphatic carbocycles. The first-order valence-corrected chi connectivity index (χ1v) is 6.80. The van der Waals surface area contributed by atoms with E-state index in [1.54, 1.807) is 0 Å². The predicted molar refractivity (Wildman–Crippen MR) is 87.0 cm³/mol. The number of benzene rings is 2. The second-order valence-corrected chi connectivity index (χ2v) is 5.14. The smallest absolute Gasteiger partial charge is 0.255 e. The number of anilines is 2. The van der Waals surface area contributed by atoms with Crippen molar-refractivity contribution in [2.24, 2.45) is 0 Å². The molecule has 0 bridgehead atoms. The van der Waals surface area contributed by atoms with Gasteiger partial charge in [0.05, 0.1) is 5.69 Å². The lowest BCUT2D eigenvalue weighted by Gasteiger charge is -2.12. The van der Waals surface area contributed by atoms with Gasteiger partial charge in [0.2, 0.25) is 0 Å². The highest BCUT2D eigenvalue weighted by molar-refractivity contribution is 6.08. The number of aromatic nitrogens is 1. The third kappa shape index (κ3) is 2.60. The molecule has 0 atom stereocenters. The number of carbonyl (C=O) groups is 1. The fourth-order valence-electron chi connectivity index (χ4n) is 2.30. The zero-order valence-electron chi connectivity index (χ0n) is 12.1. The lowest BCUT2D eigenvalue weighted by molar-refractivity contribution is 0.102. The molecule has 4 nitrogen and oxygen atoms in total. The van der Waals surface area contributed by atoms with Gasteiger partial charge < -0.3 is 15.2 Å². The SMILES string of the molecule is CN(C)c1ccc(C(=O)Nc2cccc3[nH]ccc23)cc1. The molecule has 1 aromatic heterocycles. The molecule has 2 N–H and O–H groups in total. The maximum Gasteiger partial charge on any atom is 0.255 e. The molecule has 0 aliphatic rings. The maximum absolute atomic E-state index is 12.3. The number of rotatable bonds is 3. The van der Waals surface area contributed by atoms with Gasteiger partial charge in [-0.25, -0.2) is 0 Å². The number of hydrogen-bond donors (Lipinski definition) is 2. The molecule has 106 valence electrons. The minimum absolute atomic E-state index is 0.103. The van der Waals surface area contributed by atoms with Gasteiger partial charge in [0, 0.05) is 42.4 Å². The summed E-state index contributed by atoms with van der Waals surface area (Å²) in [6.45, 7) is 0. The fraction of sp³-hybridized carbons (Fsp3) is 0.118. The van der Waals surface area contributed by atoms with Crippen molar-refractivity contribution in [2.75, 3.05) is 24.3 Å². The minimum Gasteiger partial charge on any atom is -0.378 e. The number of hydrogen-bond acceptors (Lipinski definition) is 2. The zero-order chi connectivity index (χ0) is 14.8. The third-order valence-corrected chi connectivity index (χ3v) is 3.49.